The van der Waals surface area contributed by atoms with E-state index in [1.54, 1.807) is 12.3 Å². The Balaban J connectivity index is 2.32. The Hall–Kier alpha value is -2.01. The Morgan fingerprint density at radius 2 is 2.12 bits per heavy atom. The fourth-order valence-corrected chi connectivity index (χ4v) is 1.93. The Morgan fingerprint density at radius 3 is 2.88 bits per heavy atom. The molecule has 0 amide bonds. The van der Waals surface area contributed by atoms with Crippen LogP contribution in [-0.4, -0.2) is 24.6 Å². The minimum Gasteiger partial charge on any atom is -0.261 e. The van der Waals surface area contributed by atoms with E-state index < -0.39 is 0 Å². The molecule has 3 aromatic heterocycles. The summed E-state index contributed by atoms with van der Waals surface area (Å²) in [5, 5.41) is 8.60. The fraction of sp³-hybridized carbons (Fsp3) is 0.0909. The molecule has 0 aliphatic rings. The Bertz CT molecular complexity index is 677. The molecule has 0 radical (unpaired) electrons. The molecule has 0 atom stereocenters. The van der Waals surface area contributed by atoms with E-state index in [0.717, 1.165) is 11.5 Å². The molecule has 3 heterocycles. The molecular formula is C11H8ClN5. The molecule has 6 heteroatoms. The lowest BCUT2D eigenvalue weighted by Crippen LogP contribution is -1.98. The van der Waals surface area contributed by atoms with E-state index in [2.05, 4.69) is 20.2 Å². The third kappa shape index (κ3) is 1.64. The van der Waals surface area contributed by atoms with Crippen LogP contribution in [0.1, 0.15) is 5.82 Å². The second-order valence-corrected chi connectivity index (χ2v) is 3.95. The molecule has 0 saturated carbocycles. The molecule has 0 aliphatic carbocycles. The van der Waals surface area contributed by atoms with Gasteiger partial charge in [0, 0.05) is 12.3 Å². The van der Waals surface area contributed by atoms with Crippen molar-refractivity contribution in [1.29, 1.82) is 0 Å². The van der Waals surface area contributed by atoms with Crippen molar-refractivity contribution >= 4 is 17.2 Å². The number of fused-ring (bicyclic) bond motifs is 1. The summed E-state index contributed by atoms with van der Waals surface area (Å²) in [6.07, 6.45) is 1.72. The maximum absolute atomic E-state index is 5.87. The van der Waals surface area contributed by atoms with Crippen molar-refractivity contribution in [3.05, 3.63) is 41.4 Å². The molecule has 0 unspecified atom stereocenters. The largest absolute Gasteiger partial charge is 0.261 e. The molecule has 3 rings (SSSR count). The van der Waals surface area contributed by atoms with Gasteiger partial charge in [0.15, 0.2) is 11.5 Å². The molecule has 0 saturated heterocycles. The highest BCUT2D eigenvalue weighted by Crippen LogP contribution is 2.18. The average Bonchev–Trinajstić information content (AvgIpc) is 2.74. The van der Waals surface area contributed by atoms with Crippen molar-refractivity contribution in [2.75, 3.05) is 0 Å². The van der Waals surface area contributed by atoms with Crippen molar-refractivity contribution < 1.29 is 0 Å². The van der Waals surface area contributed by atoms with Crippen LogP contribution in [0.5, 0.6) is 0 Å². The van der Waals surface area contributed by atoms with E-state index in [1.807, 2.05) is 29.5 Å². The zero-order valence-electron chi connectivity index (χ0n) is 9.00. The van der Waals surface area contributed by atoms with Gasteiger partial charge in [-0.25, -0.2) is 4.98 Å². The second kappa shape index (κ2) is 3.78. The van der Waals surface area contributed by atoms with Gasteiger partial charge in [-0.15, -0.1) is 10.2 Å². The zero-order chi connectivity index (χ0) is 11.8. The Labute approximate surface area is 102 Å². The van der Waals surface area contributed by atoms with Crippen LogP contribution in [0, 0.1) is 6.92 Å². The highest BCUT2D eigenvalue weighted by atomic mass is 35.5. The molecule has 84 valence electrons. The number of aromatic nitrogens is 5. The molecule has 3 aromatic rings. The normalized spacial score (nSPS) is 10.9. The van der Waals surface area contributed by atoms with Crippen molar-refractivity contribution in [3.63, 3.8) is 0 Å². The van der Waals surface area contributed by atoms with Crippen molar-refractivity contribution in [2.45, 2.75) is 6.92 Å². The summed E-state index contributed by atoms with van der Waals surface area (Å²) in [5.41, 5.74) is 1.43. The van der Waals surface area contributed by atoms with E-state index in [0.29, 0.717) is 16.6 Å². The van der Waals surface area contributed by atoms with Crippen LogP contribution in [0.4, 0.5) is 0 Å². The van der Waals surface area contributed by atoms with Gasteiger partial charge in [0.25, 0.3) is 0 Å². The summed E-state index contributed by atoms with van der Waals surface area (Å²) in [6.45, 7) is 1.86. The molecule has 0 N–H and O–H groups in total. The van der Waals surface area contributed by atoms with Crippen LogP contribution < -0.4 is 0 Å². The van der Waals surface area contributed by atoms with Crippen LogP contribution in [0.3, 0.4) is 0 Å². The predicted molar refractivity (Wildman–Crippen MR) is 63.8 cm³/mol. The van der Waals surface area contributed by atoms with E-state index in [-0.39, 0.29) is 0 Å². The molecule has 5 nitrogen and oxygen atoms in total. The number of halogens is 1. The summed E-state index contributed by atoms with van der Waals surface area (Å²) in [7, 11) is 0. The minimum absolute atomic E-state index is 0.412. The monoisotopic (exact) mass is 245 g/mol. The summed E-state index contributed by atoms with van der Waals surface area (Å²) in [4.78, 5) is 8.43. The van der Waals surface area contributed by atoms with Gasteiger partial charge >= 0.3 is 0 Å². The number of hydrogen-bond acceptors (Lipinski definition) is 4. The number of hydrogen-bond donors (Lipinski definition) is 0. The van der Waals surface area contributed by atoms with Crippen molar-refractivity contribution in [3.8, 4) is 11.5 Å². The lowest BCUT2D eigenvalue weighted by Gasteiger charge is -2.02. The van der Waals surface area contributed by atoms with Gasteiger partial charge < -0.3 is 0 Å². The van der Waals surface area contributed by atoms with Crippen LogP contribution in [-0.2, 0) is 0 Å². The van der Waals surface area contributed by atoms with E-state index in [4.69, 9.17) is 11.6 Å². The van der Waals surface area contributed by atoms with Gasteiger partial charge in [0.2, 0.25) is 0 Å². The molecule has 0 aliphatic heterocycles. The molecule has 17 heavy (non-hydrogen) atoms. The summed E-state index contributed by atoms with van der Waals surface area (Å²) in [5.74, 6) is 1.40. The molecule has 0 spiro atoms. The third-order valence-electron chi connectivity index (χ3n) is 2.42. The predicted octanol–water partition coefficient (Wildman–Crippen LogP) is 2.15. The first-order valence-electron chi connectivity index (χ1n) is 5.05. The first-order chi connectivity index (χ1) is 8.25. The highest BCUT2D eigenvalue weighted by Gasteiger charge is 2.12. The smallest absolute Gasteiger partial charge is 0.188 e. The fourth-order valence-electron chi connectivity index (χ4n) is 1.71. The van der Waals surface area contributed by atoms with E-state index >= 15 is 0 Å². The van der Waals surface area contributed by atoms with Gasteiger partial charge in [0.1, 0.15) is 16.7 Å². The minimum atomic E-state index is 0.412. The number of rotatable bonds is 1. The lowest BCUT2D eigenvalue weighted by atomic mass is 10.3. The van der Waals surface area contributed by atoms with E-state index in [1.165, 1.54) is 0 Å². The van der Waals surface area contributed by atoms with Gasteiger partial charge in [-0.05, 0) is 19.1 Å². The van der Waals surface area contributed by atoms with Crippen LogP contribution in [0.25, 0.3) is 17.2 Å². The number of pyridine rings is 1. The third-order valence-corrected chi connectivity index (χ3v) is 2.62. The molecule has 0 fully saturated rings. The maximum atomic E-state index is 5.87. The van der Waals surface area contributed by atoms with Crippen LogP contribution >= 0.6 is 11.6 Å². The first kappa shape index (κ1) is 10.2. The first-order valence-corrected chi connectivity index (χ1v) is 5.43. The SMILES string of the molecule is Cc1nc(Cl)cc2nnc(-c3ccccn3)n12. The second-order valence-electron chi connectivity index (χ2n) is 3.56. The van der Waals surface area contributed by atoms with E-state index in [9.17, 15) is 0 Å². The summed E-state index contributed by atoms with van der Waals surface area (Å²) in [6, 6.07) is 7.31. The average molecular weight is 246 g/mol. The van der Waals surface area contributed by atoms with Gasteiger partial charge in [0.05, 0.1) is 0 Å². The maximum Gasteiger partial charge on any atom is 0.188 e. The quantitative estimate of drug-likeness (QED) is 0.617. The van der Waals surface area contributed by atoms with Crippen molar-refractivity contribution in [1.82, 2.24) is 24.6 Å². The standard InChI is InChI=1S/C11H8ClN5/c1-7-14-9(12)6-10-15-16-11(17(7)10)8-4-2-3-5-13-8/h2-6H,1H3. The Kier molecular flexibility index (Phi) is 2.26. The number of nitrogens with zero attached hydrogens (tertiary/aromatic N) is 5. The Morgan fingerprint density at radius 1 is 1.24 bits per heavy atom. The molecule has 0 bridgehead atoms. The lowest BCUT2D eigenvalue weighted by molar-refractivity contribution is 0.981. The molecular weight excluding hydrogens is 238 g/mol. The van der Waals surface area contributed by atoms with Crippen LogP contribution in [0.15, 0.2) is 30.5 Å². The summed E-state index contributed by atoms with van der Waals surface area (Å²) < 4.78 is 1.83. The zero-order valence-corrected chi connectivity index (χ0v) is 9.76. The topological polar surface area (TPSA) is 56.0 Å². The van der Waals surface area contributed by atoms with Gasteiger partial charge in [-0.1, -0.05) is 17.7 Å². The van der Waals surface area contributed by atoms with Gasteiger partial charge in [-0.2, -0.15) is 0 Å². The highest BCUT2D eigenvalue weighted by molar-refractivity contribution is 6.29. The van der Waals surface area contributed by atoms with Gasteiger partial charge in [-0.3, -0.25) is 9.38 Å². The van der Waals surface area contributed by atoms with Crippen LogP contribution in [0.2, 0.25) is 5.15 Å². The van der Waals surface area contributed by atoms with Crippen molar-refractivity contribution in [2.24, 2.45) is 0 Å². The molecule has 0 aromatic carbocycles. The number of aryl methyl sites for hydroxylation is 1. The summed E-state index contributed by atoms with van der Waals surface area (Å²) >= 11 is 5.87.